The number of hydrogen-bond donors (Lipinski definition) is 0. The normalized spacial score (nSPS) is 10.5. The van der Waals surface area contributed by atoms with E-state index in [-0.39, 0.29) is 5.78 Å². The molecule has 3 aromatic carbocycles. The van der Waals surface area contributed by atoms with Crippen LogP contribution in [0.3, 0.4) is 0 Å². The summed E-state index contributed by atoms with van der Waals surface area (Å²) >= 11 is 6.36. The number of carbonyl (C=O) groups is 1. The van der Waals surface area contributed by atoms with E-state index in [4.69, 9.17) is 21.1 Å². The number of carbonyl (C=O) groups excluding carboxylic acids is 1. The fourth-order valence-electron chi connectivity index (χ4n) is 2.85. The van der Waals surface area contributed by atoms with Crippen molar-refractivity contribution in [1.82, 2.24) is 0 Å². The van der Waals surface area contributed by atoms with Gasteiger partial charge in [0, 0.05) is 16.1 Å². The zero-order chi connectivity index (χ0) is 19.2. The second kappa shape index (κ2) is 8.74. The van der Waals surface area contributed by atoms with Gasteiger partial charge in [-0.15, -0.1) is 0 Å². The minimum absolute atomic E-state index is 0.0396. The van der Waals surface area contributed by atoms with Crippen LogP contribution in [0.15, 0.2) is 66.7 Å². The van der Waals surface area contributed by atoms with Crippen molar-refractivity contribution in [3.8, 4) is 11.5 Å². The molecule has 3 nitrogen and oxygen atoms in total. The number of ketones is 1. The Kier molecular flexibility index (Phi) is 6.15. The fourth-order valence-corrected chi connectivity index (χ4v) is 3.03. The van der Waals surface area contributed by atoms with Crippen LogP contribution in [-0.4, -0.2) is 19.5 Å². The van der Waals surface area contributed by atoms with Crippen LogP contribution in [0.4, 0.5) is 0 Å². The summed E-state index contributed by atoms with van der Waals surface area (Å²) in [7, 11) is 1.60. The molecule has 0 atom stereocenters. The van der Waals surface area contributed by atoms with Crippen LogP contribution in [0.25, 0.3) is 0 Å². The standard InChI is InChI=1S/C23H21ClO3/c1-3-27-21-9-4-16(5-10-21)14-19-15-18(8-13-22(19)24)23(25)17-6-11-20(26-2)12-7-17/h4-13,15H,3,14H2,1-2H3. The number of halogens is 1. The summed E-state index contributed by atoms with van der Waals surface area (Å²) in [5.74, 6) is 1.52. The lowest BCUT2D eigenvalue weighted by Crippen LogP contribution is -2.03. The van der Waals surface area contributed by atoms with Crippen LogP contribution in [0.5, 0.6) is 11.5 Å². The molecule has 0 unspecified atom stereocenters. The van der Waals surface area contributed by atoms with Crippen molar-refractivity contribution < 1.29 is 14.3 Å². The summed E-state index contributed by atoms with van der Waals surface area (Å²) in [4.78, 5) is 12.8. The van der Waals surface area contributed by atoms with E-state index < -0.39 is 0 Å². The zero-order valence-electron chi connectivity index (χ0n) is 15.4. The molecule has 3 rings (SSSR count). The predicted octanol–water partition coefficient (Wildman–Crippen LogP) is 5.57. The number of rotatable bonds is 7. The Balaban J connectivity index is 1.81. The molecule has 138 valence electrons. The molecule has 0 amide bonds. The van der Waals surface area contributed by atoms with E-state index in [1.165, 1.54) is 0 Å². The molecule has 0 aromatic heterocycles. The van der Waals surface area contributed by atoms with Crippen molar-refractivity contribution in [3.63, 3.8) is 0 Å². The maximum atomic E-state index is 12.8. The van der Waals surface area contributed by atoms with Gasteiger partial charge in [0.05, 0.1) is 13.7 Å². The molecule has 27 heavy (non-hydrogen) atoms. The van der Waals surface area contributed by atoms with Gasteiger partial charge in [0.15, 0.2) is 5.78 Å². The summed E-state index contributed by atoms with van der Waals surface area (Å²) in [6, 6.07) is 20.4. The van der Waals surface area contributed by atoms with Gasteiger partial charge in [-0.2, -0.15) is 0 Å². The van der Waals surface area contributed by atoms with E-state index in [9.17, 15) is 4.79 Å². The van der Waals surface area contributed by atoms with Gasteiger partial charge in [0.25, 0.3) is 0 Å². The van der Waals surface area contributed by atoms with Gasteiger partial charge in [-0.05, 0) is 79.1 Å². The third-order valence-corrected chi connectivity index (χ3v) is 4.66. The summed E-state index contributed by atoms with van der Waals surface area (Å²) in [5, 5.41) is 0.648. The van der Waals surface area contributed by atoms with Crippen molar-refractivity contribution in [2.24, 2.45) is 0 Å². The third-order valence-electron chi connectivity index (χ3n) is 4.29. The molecule has 0 spiro atoms. The molecule has 0 aliphatic heterocycles. The first-order valence-electron chi connectivity index (χ1n) is 8.79. The highest BCUT2D eigenvalue weighted by Crippen LogP contribution is 2.24. The van der Waals surface area contributed by atoms with Crippen LogP contribution < -0.4 is 9.47 Å². The molecular weight excluding hydrogens is 360 g/mol. The number of hydrogen-bond acceptors (Lipinski definition) is 3. The largest absolute Gasteiger partial charge is 0.497 e. The molecule has 0 radical (unpaired) electrons. The Morgan fingerprint density at radius 1 is 0.889 bits per heavy atom. The van der Waals surface area contributed by atoms with Gasteiger partial charge >= 0.3 is 0 Å². The second-order valence-electron chi connectivity index (χ2n) is 6.12. The quantitative estimate of drug-likeness (QED) is 0.503. The first kappa shape index (κ1) is 19.0. The first-order valence-corrected chi connectivity index (χ1v) is 9.17. The third kappa shape index (κ3) is 4.69. The molecule has 0 saturated carbocycles. The lowest BCUT2D eigenvalue weighted by atomic mass is 9.98. The number of methoxy groups -OCH3 is 1. The van der Waals surface area contributed by atoms with E-state index >= 15 is 0 Å². The predicted molar refractivity (Wildman–Crippen MR) is 108 cm³/mol. The second-order valence-corrected chi connectivity index (χ2v) is 6.52. The molecule has 0 bridgehead atoms. The Labute approximate surface area is 164 Å². The highest BCUT2D eigenvalue weighted by molar-refractivity contribution is 6.31. The van der Waals surface area contributed by atoms with Gasteiger partial charge in [0.2, 0.25) is 0 Å². The maximum Gasteiger partial charge on any atom is 0.193 e. The van der Waals surface area contributed by atoms with Crippen molar-refractivity contribution in [2.75, 3.05) is 13.7 Å². The van der Waals surface area contributed by atoms with E-state index in [0.717, 1.165) is 22.6 Å². The lowest BCUT2D eigenvalue weighted by Gasteiger charge is -2.09. The lowest BCUT2D eigenvalue weighted by molar-refractivity contribution is 0.103. The molecule has 0 saturated heterocycles. The molecule has 0 heterocycles. The molecular formula is C23H21ClO3. The minimum atomic E-state index is -0.0396. The van der Waals surface area contributed by atoms with Gasteiger partial charge in [-0.1, -0.05) is 23.7 Å². The van der Waals surface area contributed by atoms with Gasteiger partial charge < -0.3 is 9.47 Å². The minimum Gasteiger partial charge on any atom is -0.497 e. The molecule has 3 aromatic rings. The fraction of sp³-hybridized carbons (Fsp3) is 0.174. The molecule has 0 fully saturated rings. The van der Waals surface area contributed by atoms with Crippen LogP contribution in [0.2, 0.25) is 5.02 Å². The van der Waals surface area contributed by atoms with E-state index in [0.29, 0.717) is 29.2 Å². The highest BCUT2D eigenvalue weighted by Gasteiger charge is 2.12. The first-order chi connectivity index (χ1) is 13.1. The van der Waals surface area contributed by atoms with E-state index in [2.05, 4.69) is 0 Å². The summed E-state index contributed by atoms with van der Waals surface area (Å²) < 4.78 is 10.6. The Morgan fingerprint density at radius 3 is 2.15 bits per heavy atom. The molecule has 0 N–H and O–H groups in total. The monoisotopic (exact) mass is 380 g/mol. The average molecular weight is 381 g/mol. The SMILES string of the molecule is CCOc1ccc(Cc2cc(C(=O)c3ccc(OC)cc3)ccc2Cl)cc1. The number of ether oxygens (including phenoxy) is 2. The zero-order valence-corrected chi connectivity index (χ0v) is 16.1. The van der Waals surface area contributed by atoms with Crippen molar-refractivity contribution >= 4 is 17.4 Å². The van der Waals surface area contributed by atoms with Crippen molar-refractivity contribution in [3.05, 3.63) is 94.0 Å². The van der Waals surface area contributed by atoms with Crippen LogP contribution in [0, 0.1) is 0 Å². The topological polar surface area (TPSA) is 35.5 Å². The summed E-state index contributed by atoms with van der Waals surface area (Å²) in [5.41, 5.74) is 3.25. The highest BCUT2D eigenvalue weighted by atomic mass is 35.5. The van der Waals surface area contributed by atoms with Gasteiger partial charge in [-0.3, -0.25) is 4.79 Å². The van der Waals surface area contributed by atoms with Crippen LogP contribution in [0.1, 0.15) is 34.0 Å². The Hall–Kier alpha value is -2.78. The summed E-state index contributed by atoms with van der Waals surface area (Å²) in [6.07, 6.45) is 0.648. The average Bonchev–Trinajstić information content (AvgIpc) is 2.71. The number of benzene rings is 3. The van der Waals surface area contributed by atoms with Gasteiger partial charge in [0.1, 0.15) is 11.5 Å². The van der Waals surface area contributed by atoms with Crippen LogP contribution in [-0.2, 0) is 6.42 Å². The van der Waals surface area contributed by atoms with Crippen molar-refractivity contribution in [1.29, 1.82) is 0 Å². The Morgan fingerprint density at radius 2 is 1.52 bits per heavy atom. The molecule has 0 aliphatic carbocycles. The van der Waals surface area contributed by atoms with Crippen LogP contribution >= 0.6 is 11.6 Å². The molecule has 4 heteroatoms. The van der Waals surface area contributed by atoms with Crippen molar-refractivity contribution in [2.45, 2.75) is 13.3 Å². The van der Waals surface area contributed by atoms with E-state index in [1.807, 2.05) is 37.3 Å². The molecule has 0 aliphatic rings. The maximum absolute atomic E-state index is 12.8. The van der Waals surface area contributed by atoms with E-state index in [1.54, 1.807) is 43.5 Å². The summed E-state index contributed by atoms with van der Waals surface area (Å²) in [6.45, 7) is 2.60. The van der Waals surface area contributed by atoms with Gasteiger partial charge in [-0.25, -0.2) is 0 Å². The smallest absolute Gasteiger partial charge is 0.193 e. The Bertz CT molecular complexity index is 915.